The molecule has 13 heavy (non-hydrogen) atoms. The summed E-state index contributed by atoms with van der Waals surface area (Å²) in [5.74, 6) is 0.572. The van der Waals surface area contributed by atoms with E-state index in [1.165, 1.54) is 0 Å². The van der Waals surface area contributed by atoms with Crippen molar-refractivity contribution in [1.82, 2.24) is 10.6 Å². The van der Waals surface area contributed by atoms with Crippen LogP contribution in [-0.2, 0) is 9.53 Å². The molecule has 0 spiro atoms. The second kappa shape index (κ2) is 5.19. The third kappa shape index (κ3) is 3.32. The van der Waals surface area contributed by atoms with E-state index in [0.29, 0.717) is 5.92 Å². The summed E-state index contributed by atoms with van der Waals surface area (Å²) in [7, 11) is 1.78. The zero-order valence-electron chi connectivity index (χ0n) is 8.30. The van der Waals surface area contributed by atoms with E-state index in [1.807, 2.05) is 6.92 Å². The summed E-state index contributed by atoms with van der Waals surface area (Å²) < 4.78 is 5.21. The van der Waals surface area contributed by atoms with E-state index in [4.69, 9.17) is 4.74 Å². The second-order valence-corrected chi connectivity index (χ2v) is 3.49. The van der Waals surface area contributed by atoms with Crippen molar-refractivity contribution in [2.75, 3.05) is 26.8 Å². The van der Waals surface area contributed by atoms with Crippen molar-refractivity contribution >= 4 is 5.91 Å². The highest BCUT2D eigenvalue weighted by Gasteiger charge is 2.17. The molecule has 76 valence electrons. The fraction of sp³-hybridized carbons (Fsp3) is 0.889. The van der Waals surface area contributed by atoms with Gasteiger partial charge in [-0.25, -0.2) is 0 Å². The number of carbonyl (C=O) groups is 1. The van der Waals surface area contributed by atoms with Crippen LogP contribution in [0.4, 0.5) is 0 Å². The molecule has 0 radical (unpaired) electrons. The number of nitrogens with one attached hydrogen (secondary N) is 2. The summed E-state index contributed by atoms with van der Waals surface area (Å²) in [5, 5.41) is 5.79. The molecule has 4 heteroatoms. The lowest BCUT2D eigenvalue weighted by Gasteiger charge is -2.13. The molecule has 0 saturated carbocycles. The summed E-state index contributed by atoms with van der Waals surface area (Å²) in [6.07, 6.45) is 1.06. The van der Waals surface area contributed by atoms with Crippen LogP contribution in [-0.4, -0.2) is 38.8 Å². The summed E-state index contributed by atoms with van der Waals surface area (Å²) in [5.41, 5.74) is 0. The zero-order valence-corrected chi connectivity index (χ0v) is 8.30. The van der Waals surface area contributed by atoms with E-state index in [2.05, 4.69) is 10.6 Å². The molecule has 0 aromatic rings. The maximum absolute atomic E-state index is 11.3. The van der Waals surface area contributed by atoms with Crippen LogP contribution in [0.5, 0.6) is 0 Å². The molecule has 1 heterocycles. The minimum Gasteiger partial charge on any atom is -0.381 e. The Morgan fingerprint density at radius 1 is 1.69 bits per heavy atom. The Bertz CT molecular complexity index is 167. The number of carbonyl (C=O) groups excluding carboxylic acids is 1. The SMILES string of the molecule is CNC(C)C(=O)NCC1CCOC1. The van der Waals surface area contributed by atoms with Gasteiger partial charge in [0.25, 0.3) is 0 Å². The number of hydrogen-bond acceptors (Lipinski definition) is 3. The standard InChI is InChI=1S/C9H18N2O2/c1-7(10-2)9(12)11-5-8-3-4-13-6-8/h7-8,10H,3-6H2,1-2H3,(H,11,12). The first kappa shape index (κ1) is 10.5. The molecule has 2 N–H and O–H groups in total. The molecule has 0 bridgehead atoms. The Morgan fingerprint density at radius 3 is 3.00 bits per heavy atom. The normalized spacial score (nSPS) is 24.3. The van der Waals surface area contributed by atoms with E-state index >= 15 is 0 Å². The number of ether oxygens (including phenoxy) is 1. The molecule has 4 nitrogen and oxygen atoms in total. The summed E-state index contributed by atoms with van der Waals surface area (Å²) in [6, 6.07) is -0.109. The van der Waals surface area contributed by atoms with Crippen molar-refractivity contribution in [3.8, 4) is 0 Å². The molecule has 2 atom stereocenters. The van der Waals surface area contributed by atoms with E-state index in [1.54, 1.807) is 7.05 Å². The van der Waals surface area contributed by atoms with Gasteiger partial charge in [-0.3, -0.25) is 4.79 Å². The molecule has 1 amide bonds. The van der Waals surface area contributed by atoms with Gasteiger partial charge in [-0.05, 0) is 20.4 Å². The Kier molecular flexibility index (Phi) is 4.18. The molecular formula is C9H18N2O2. The Labute approximate surface area is 79.0 Å². The van der Waals surface area contributed by atoms with Gasteiger partial charge in [0.05, 0.1) is 12.6 Å². The highest BCUT2D eigenvalue weighted by molar-refractivity contribution is 5.81. The van der Waals surface area contributed by atoms with Crippen molar-refractivity contribution in [3.05, 3.63) is 0 Å². The quantitative estimate of drug-likeness (QED) is 0.636. The summed E-state index contributed by atoms with van der Waals surface area (Å²) in [6.45, 7) is 4.21. The monoisotopic (exact) mass is 186 g/mol. The van der Waals surface area contributed by atoms with Gasteiger partial charge in [-0.1, -0.05) is 0 Å². The van der Waals surface area contributed by atoms with E-state index in [9.17, 15) is 4.79 Å². The van der Waals surface area contributed by atoms with Crippen LogP contribution in [0.3, 0.4) is 0 Å². The predicted octanol–water partition coefficient (Wildman–Crippen LogP) is -0.253. The van der Waals surface area contributed by atoms with Crippen LogP contribution in [0.2, 0.25) is 0 Å². The van der Waals surface area contributed by atoms with Crippen LogP contribution in [0.15, 0.2) is 0 Å². The molecule has 0 aromatic heterocycles. The fourth-order valence-electron chi connectivity index (χ4n) is 1.27. The van der Waals surface area contributed by atoms with Gasteiger partial charge < -0.3 is 15.4 Å². The van der Waals surface area contributed by atoms with Crippen molar-refractivity contribution in [1.29, 1.82) is 0 Å². The first-order valence-electron chi connectivity index (χ1n) is 4.76. The molecule has 0 aliphatic carbocycles. The molecular weight excluding hydrogens is 168 g/mol. The average Bonchev–Trinajstić information content (AvgIpc) is 2.65. The van der Waals surface area contributed by atoms with Crippen LogP contribution in [0.1, 0.15) is 13.3 Å². The van der Waals surface area contributed by atoms with Gasteiger partial charge in [0.1, 0.15) is 0 Å². The maximum Gasteiger partial charge on any atom is 0.236 e. The second-order valence-electron chi connectivity index (χ2n) is 3.49. The fourth-order valence-corrected chi connectivity index (χ4v) is 1.27. The predicted molar refractivity (Wildman–Crippen MR) is 50.5 cm³/mol. The lowest BCUT2D eigenvalue weighted by molar-refractivity contribution is -0.122. The molecule has 0 aromatic carbocycles. The van der Waals surface area contributed by atoms with Crippen LogP contribution in [0.25, 0.3) is 0 Å². The van der Waals surface area contributed by atoms with Crippen LogP contribution >= 0.6 is 0 Å². The van der Waals surface area contributed by atoms with Gasteiger partial charge >= 0.3 is 0 Å². The lowest BCUT2D eigenvalue weighted by Crippen LogP contribution is -2.42. The molecule has 1 aliphatic heterocycles. The van der Waals surface area contributed by atoms with Gasteiger partial charge in [0.15, 0.2) is 0 Å². The van der Waals surface area contributed by atoms with Crippen molar-refractivity contribution < 1.29 is 9.53 Å². The maximum atomic E-state index is 11.3. The lowest BCUT2D eigenvalue weighted by atomic mass is 10.1. The first-order valence-corrected chi connectivity index (χ1v) is 4.76. The van der Waals surface area contributed by atoms with Gasteiger partial charge in [0.2, 0.25) is 5.91 Å². The summed E-state index contributed by atoms with van der Waals surface area (Å²) >= 11 is 0. The average molecular weight is 186 g/mol. The van der Waals surface area contributed by atoms with Crippen LogP contribution in [0, 0.1) is 5.92 Å². The van der Waals surface area contributed by atoms with E-state index < -0.39 is 0 Å². The Balaban J connectivity index is 2.13. The Hall–Kier alpha value is -0.610. The van der Waals surface area contributed by atoms with Crippen LogP contribution < -0.4 is 10.6 Å². The number of rotatable bonds is 4. The molecule has 1 saturated heterocycles. The van der Waals surface area contributed by atoms with Gasteiger partial charge in [-0.15, -0.1) is 0 Å². The van der Waals surface area contributed by atoms with Crippen molar-refractivity contribution in [3.63, 3.8) is 0 Å². The minimum absolute atomic E-state index is 0.0643. The largest absolute Gasteiger partial charge is 0.381 e. The third-order valence-electron chi connectivity index (χ3n) is 2.42. The number of amides is 1. The number of likely N-dealkylation sites (N-methyl/N-ethyl adjacent to an activating group) is 1. The molecule has 2 unspecified atom stereocenters. The topological polar surface area (TPSA) is 50.4 Å². The smallest absolute Gasteiger partial charge is 0.236 e. The first-order chi connectivity index (χ1) is 6.24. The molecule has 1 rings (SSSR count). The summed E-state index contributed by atoms with van der Waals surface area (Å²) in [4.78, 5) is 11.3. The van der Waals surface area contributed by atoms with Gasteiger partial charge in [0, 0.05) is 19.1 Å². The molecule has 1 fully saturated rings. The van der Waals surface area contributed by atoms with Gasteiger partial charge in [-0.2, -0.15) is 0 Å². The third-order valence-corrected chi connectivity index (χ3v) is 2.42. The highest BCUT2D eigenvalue weighted by atomic mass is 16.5. The van der Waals surface area contributed by atoms with Crippen molar-refractivity contribution in [2.45, 2.75) is 19.4 Å². The zero-order chi connectivity index (χ0) is 9.68. The van der Waals surface area contributed by atoms with E-state index in [0.717, 1.165) is 26.2 Å². The number of hydrogen-bond donors (Lipinski definition) is 2. The van der Waals surface area contributed by atoms with Crippen molar-refractivity contribution in [2.24, 2.45) is 5.92 Å². The Morgan fingerprint density at radius 2 is 2.46 bits per heavy atom. The molecule has 1 aliphatic rings. The highest BCUT2D eigenvalue weighted by Crippen LogP contribution is 2.10. The van der Waals surface area contributed by atoms with E-state index in [-0.39, 0.29) is 11.9 Å². The minimum atomic E-state index is -0.109.